The first-order valence-electron chi connectivity index (χ1n) is 7.14. The van der Waals surface area contributed by atoms with Crippen LogP contribution >= 0.6 is 0 Å². The van der Waals surface area contributed by atoms with Crippen molar-refractivity contribution < 1.29 is 0 Å². The smallest absolute Gasteiger partial charge is 0.0530 e. The Bertz CT molecular complexity index is 301. The van der Waals surface area contributed by atoms with E-state index in [2.05, 4.69) is 47.6 Å². The summed E-state index contributed by atoms with van der Waals surface area (Å²) in [5.41, 5.74) is 1.89. The molecule has 1 aliphatic heterocycles. The fourth-order valence-electron chi connectivity index (χ4n) is 3.18. The first-order chi connectivity index (χ1) is 7.91. The van der Waals surface area contributed by atoms with Crippen molar-refractivity contribution in [2.75, 3.05) is 0 Å². The molecule has 1 aliphatic rings. The predicted octanol–water partition coefficient (Wildman–Crippen LogP) is 4.87. The van der Waals surface area contributed by atoms with Gasteiger partial charge < -0.3 is 0 Å². The van der Waals surface area contributed by atoms with E-state index in [1.807, 2.05) is 6.21 Å². The molecule has 1 nitrogen and oxygen atoms in total. The predicted molar refractivity (Wildman–Crippen MR) is 77.7 cm³/mol. The summed E-state index contributed by atoms with van der Waals surface area (Å²) in [6.07, 6.45) is 8.01. The van der Waals surface area contributed by atoms with Gasteiger partial charge in [-0.25, -0.2) is 0 Å². The number of rotatable bonds is 4. The highest BCUT2D eigenvalue weighted by Gasteiger charge is 2.39. The molecule has 3 atom stereocenters. The van der Waals surface area contributed by atoms with Gasteiger partial charge in [0.15, 0.2) is 0 Å². The van der Waals surface area contributed by atoms with Crippen molar-refractivity contribution >= 4 is 6.21 Å². The Morgan fingerprint density at radius 1 is 1.35 bits per heavy atom. The minimum absolute atomic E-state index is 0.308. The van der Waals surface area contributed by atoms with E-state index in [0.717, 1.165) is 5.92 Å². The van der Waals surface area contributed by atoms with Crippen LogP contribution in [-0.2, 0) is 0 Å². The fraction of sp³-hybridized carbons (Fsp3) is 0.812. The van der Waals surface area contributed by atoms with E-state index in [0.29, 0.717) is 17.4 Å². The van der Waals surface area contributed by atoms with Gasteiger partial charge in [-0.2, -0.15) is 0 Å². The van der Waals surface area contributed by atoms with Crippen LogP contribution in [0.15, 0.2) is 16.6 Å². The maximum atomic E-state index is 4.71. The van der Waals surface area contributed by atoms with Gasteiger partial charge in [0.25, 0.3) is 0 Å². The molecular formula is C16H29N. The van der Waals surface area contributed by atoms with E-state index in [1.54, 1.807) is 5.57 Å². The van der Waals surface area contributed by atoms with Gasteiger partial charge in [0.1, 0.15) is 0 Å². The van der Waals surface area contributed by atoms with Crippen molar-refractivity contribution in [3.63, 3.8) is 0 Å². The second kappa shape index (κ2) is 5.84. The molecule has 0 saturated carbocycles. The van der Waals surface area contributed by atoms with Crippen molar-refractivity contribution in [3.8, 4) is 0 Å². The van der Waals surface area contributed by atoms with E-state index >= 15 is 0 Å². The molecule has 98 valence electrons. The summed E-state index contributed by atoms with van der Waals surface area (Å²) >= 11 is 0. The summed E-state index contributed by atoms with van der Waals surface area (Å²) in [4.78, 5) is 4.71. The van der Waals surface area contributed by atoms with Gasteiger partial charge in [0.05, 0.1) is 6.04 Å². The summed E-state index contributed by atoms with van der Waals surface area (Å²) in [6, 6.07) is 0.422. The van der Waals surface area contributed by atoms with Crippen LogP contribution < -0.4 is 0 Å². The van der Waals surface area contributed by atoms with Crippen LogP contribution in [0.3, 0.4) is 0 Å². The Morgan fingerprint density at radius 2 is 2.00 bits per heavy atom. The van der Waals surface area contributed by atoms with Crippen molar-refractivity contribution in [1.29, 1.82) is 0 Å². The summed E-state index contributed by atoms with van der Waals surface area (Å²) in [5, 5.41) is 0. The minimum Gasteiger partial charge on any atom is -0.290 e. The topological polar surface area (TPSA) is 12.4 Å². The molecule has 0 aliphatic carbocycles. The maximum Gasteiger partial charge on any atom is 0.0530 e. The average Bonchev–Trinajstić information content (AvgIpc) is 2.33. The SMILES string of the molecule is CCCC1=CC=NC(C)C(C)(CC(C)C)C1C. The van der Waals surface area contributed by atoms with Crippen LogP contribution in [0, 0.1) is 17.3 Å². The molecule has 0 aromatic carbocycles. The van der Waals surface area contributed by atoms with Gasteiger partial charge in [-0.1, -0.05) is 46.6 Å². The highest BCUT2D eigenvalue weighted by Crippen LogP contribution is 2.44. The molecule has 0 fully saturated rings. The van der Waals surface area contributed by atoms with Crippen LogP contribution in [0.1, 0.15) is 60.8 Å². The largest absolute Gasteiger partial charge is 0.290 e. The molecule has 17 heavy (non-hydrogen) atoms. The molecule has 0 radical (unpaired) electrons. The fourth-order valence-corrected chi connectivity index (χ4v) is 3.18. The van der Waals surface area contributed by atoms with E-state index in [1.165, 1.54) is 19.3 Å². The Labute approximate surface area is 107 Å². The number of allylic oxidation sites excluding steroid dienone is 2. The van der Waals surface area contributed by atoms with Gasteiger partial charge in [-0.05, 0) is 43.1 Å². The molecule has 0 aromatic heterocycles. The third-order valence-electron chi connectivity index (χ3n) is 4.48. The number of hydrogen-bond donors (Lipinski definition) is 0. The van der Waals surface area contributed by atoms with E-state index < -0.39 is 0 Å². The Balaban J connectivity index is 3.00. The first-order valence-corrected chi connectivity index (χ1v) is 7.14. The summed E-state index contributed by atoms with van der Waals surface area (Å²) in [7, 11) is 0. The average molecular weight is 235 g/mol. The van der Waals surface area contributed by atoms with E-state index in [-0.39, 0.29) is 0 Å². The second-order valence-electron chi connectivity index (χ2n) is 6.29. The standard InChI is InChI=1S/C16H29N/c1-7-8-15-9-10-17-14(5)16(6,13(15)4)11-12(2)3/h9-10,12-14H,7-8,11H2,1-6H3. The Morgan fingerprint density at radius 3 is 2.53 bits per heavy atom. The van der Waals surface area contributed by atoms with E-state index in [9.17, 15) is 0 Å². The number of aliphatic imine (C=N–C) groups is 1. The van der Waals surface area contributed by atoms with E-state index in [4.69, 9.17) is 4.99 Å². The van der Waals surface area contributed by atoms with Crippen molar-refractivity contribution in [2.45, 2.75) is 66.8 Å². The molecular weight excluding hydrogens is 206 g/mol. The molecule has 1 heterocycles. The molecule has 0 saturated heterocycles. The van der Waals surface area contributed by atoms with Gasteiger partial charge in [0, 0.05) is 6.21 Å². The monoisotopic (exact) mass is 235 g/mol. The Kier molecular flexibility index (Phi) is 4.97. The molecule has 3 unspecified atom stereocenters. The quantitative estimate of drug-likeness (QED) is 0.659. The molecule has 0 amide bonds. The molecule has 0 aromatic rings. The zero-order valence-electron chi connectivity index (χ0n) is 12.5. The molecule has 0 bridgehead atoms. The van der Waals surface area contributed by atoms with Crippen LogP contribution in [0.4, 0.5) is 0 Å². The lowest BCUT2D eigenvalue weighted by Crippen LogP contribution is -2.37. The number of hydrogen-bond acceptors (Lipinski definition) is 1. The van der Waals surface area contributed by atoms with Crippen LogP contribution in [0.5, 0.6) is 0 Å². The summed E-state index contributed by atoms with van der Waals surface area (Å²) < 4.78 is 0. The highest BCUT2D eigenvalue weighted by molar-refractivity contribution is 5.73. The second-order valence-corrected chi connectivity index (χ2v) is 6.29. The van der Waals surface area contributed by atoms with Gasteiger partial charge in [-0.15, -0.1) is 0 Å². The van der Waals surface area contributed by atoms with Crippen molar-refractivity contribution in [3.05, 3.63) is 11.6 Å². The van der Waals surface area contributed by atoms with Crippen LogP contribution in [0.2, 0.25) is 0 Å². The van der Waals surface area contributed by atoms with Gasteiger partial charge >= 0.3 is 0 Å². The lowest BCUT2D eigenvalue weighted by molar-refractivity contribution is 0.149. The third kappa shape index (κ3) is 3.20. The number of nitrogens with zero attached hydrogens (tertiary/aromatic N) is 1. The Hall–Kier alpha value is -0.590. The zero-order chi connectivity index (χ0) is 13.1. The van der Waals surface area contributed by atoms with Crippen molar-refractivity contribution in [1.82, 2.24) is 0 Å². The first kappa shape index (κ1) is 14.5. The maximum absolute atomic E-state index is 4.71. The summed E-state index contributed by atoms with van der Waals surface area (Å²) in [5.74, 6) is 1.38. The normalized spacial score (nSPS) is 33.7. The van der Waals surface area contributed by atoms with Crippen LogP contribution in [0.25, 0.3) is 0 Å². The lowest BCUT2D eigenvalue weighted by Gasteiger charge is -2.41. The van der Waals surface area contributed by atoms with Crippen LogP contribution in [-0.4, -0.2) is 12.3 Å². The summed E-state index contributed by atoms with van der Waals surface area (Å²) in [6.45, 7) is 14.0. The zero-order valence-corrected chi connectivity index (χ0v) is 12.5. The third-order valence-corrected chi connectivity index (χ3v) is 4.48. The van der Waals surface area contributed by atoms with Crippen molar-refractivity contribution in [2.24, 2.45) is 22.2 Å². The highest BCUT2D eigenvalue weighted by atomic mass is 14.8. The molecule has 1 heteroatoms. The lowest BCUT2D eigenvalue weighted by atomic mass is 9.65. The van der Waals surface area contributed by atoms with Gasteiger partial charge in [-0.3, -0.25) is 4.99 Å². The minimum atomic E-state index is 0.308. The van der Waals surface area contributed by atoms with Gasteiger partial charge in [0.2, 0.25) is 0 Å². The molecule has 0 spiro atoms. The molecule has 1 rings (SSSR count). The molecule has 0 N–H and O–H groups in total.